The summed E-state index contributed by atoms with van der Waals surface area (Å²) in [5, 5.41) is 17.6. The molecule has 3 rings (SSSR count). The van der Waals surface area contributed by atoms with Gasteiger partial charge in [0.15, 0.2) is 18.0 Å². The lowest BCUT2D eigenvalue weighted by Crippen LogP contribution is -2.47. The summed E-state index contributed by atoms with van der Waals surface area (Å²) in [6, 6.07) is 3.83. The molecule has 19 heteroatoms. The SMILES string of the molecule is CCC(CC)COC(=O)[C@H](C)N[P@](=O)(OCOC(=O)C(C)(C)C)OC[C@H]1O[C@@](C#N)(c2ccc3c(N)ncnn23)[C@H](OC(=O)C(C)C)[C@@H]1OC(=O)C(C)C. The average molecular weight is 781 g/mol. The van der Waals surface area contributed by atoms with Crippen LogP contribution in [0.4, 0.5) is 5.82 Å². The molecule has 2 aromatic heterocycles. The predicted molar refractivity (Wildman–Crippen MR) is 192 cm³/mol. The monoisotopic (exact) mass is 780 g/mol. The molecule has 0 aliphatic carbocycles. The molecule has 0 saturated carbocycles. The first-order valence-corrected chi connectivity index (χ1v) is 19.4. The maximum absolute atomic E-state index is 14.3. The molecule has 18 nitrogen and oxygen atoms in total. The molecule has 0 spiro atoms. The van der Waals surface area contributed by atoms with Gasteiger partial charge >= 0.3 is 31.6 Å². The van der Waals surface area contributed by atoms with E-state index in [1.165, 1.54) is 23.6 Å². The van der Waals surface area contributed by atoms with Crippen molar-refractivity contribution in [3.05, 3.63) is 24.2 Å². The number of carbonyl (C=O) groups is 4. The van der Waals surface area contributed by atoms with Crippen LogP contribution in [0.15, 0.2) is 18.5 Å². The van der Waals surface area contributed by atoms with Crippen molar-refractivity contribution in [1.82, 2.24) is 19.7 Å². The minimum atomic E-state index is -4.63. The van der Waals surface area contributed by atoms with Gasteiger partial charge in [0, 0.05) is 0 Å². The van der Waals surface area contributed by atoms with E-state index >= 15 is 0 Å². The topological polar surface area (TPSA) is 242 Å². The van der Waals surface area contributed by atoms with Crippen molar-refractivity contribution < 1.29 is 56.5 Å². The maximum atomic E-state index is 14.3. The van der Waals surface area contributed by atoms with Gasteiger partial charge < -0.3 is 29.4 Å². The largest absolute Gasteiger partial charge is 0.464 e. The maximum Gasteiger partial charge on any atom is 0.409 e. The van der Waals surface area contributed by atoms with E-state index in [0.717, 1.165) is 19.2 Å². The summed E-state index contributed by atoms with van der Waals surface area (Å²) in [6.07, 6.45) is -1.91. The van der Waals surface area contributed by atoms with Crippen LogP contribution in [0, 0.1) is 34.5 Å². The molecule has 1 fully saturated rings. The molecule has 0 bridgehead atoms. The number of nitriles is 1. The van der Waals surface area contributed by atoms with Crippen molar-refractivity contribution >= 4 is 43.0 Å². The van der Waals surface area contributed by atoms with Crippen molar-refractivity contribution in [1.29, 1.82) is 5.26 Å². The average Bonchev–Trinajstić information content (AvgIpc) is 3.67. The van der Waals surface area contributed by atoms with Crippen molar-refractivity contribution in [2.45, 2.75) is 112 Å². The third kappa shape index (κ3) is 10.5. The Morgan fingerprint density at radius 3 is 2.22 bits per heavy atom. The Morgan fingerprint density at radius 1 is 1.02 bits per heavy atom. The minimum Gasteiger partial charge on any atom is -0.464 e. The van der Waals surface area contributed by atoms with Gasteiger partial charge in [-0.3, -0.25) is 28.2 Å². The van der Waals surface area contributed by atoms with Crippen LogP contribution in [0.3, 0.4) is 0 Å². The standard InChI is InChI=1S/C35H53N6O12P/c1-11-23(12-2)15-47-32(44)22(7)40-54(46,50-19-48-33(45)34(8,9)10)49-16-25-27(51-30(42)20(3)4)28(52-31(43)21(5)6)35(17-36,53-25)26-14-13-24-29(37)38-18-39-41(24)26/h13-14,18,20-23,25,27-28H,11-12,15-16,19H2,1-10H3,(H,40,46)(H2,37,38,39)/t22-,25+,27+,28+,35-,54+/m0/s1. The van der Waals surface area contributed by atoms with Gasteiger partial charge in [-0.1, -0.05) is 54.4 Å². The number of aromatic nitrogens is 3. The molecule has 54 heavy (non-hydrogen) atoms. The van der Waals surface area contributed by atoms with Crippen LogP contribution in [-0.4, -0.2) is 82.8 Å². The molecule has 0 radical (unpaired) electrons. The normalized spacial score (nSPS) is 21.8. The highest BCUT2D eigenvalue weighted by Gasteiger charge is 2.63. The van der Waals surface area contributed by atoms with E-state index < -0.39 is 92.2 Å². The molecule has 300 valence electrons. The Bertz CT molecular complexity index is 1730. The van der Waals surface area contributed by atoms with Crippen molar-refractivity contribution in [2.24, 2.45) is 23.2 Å². The summed E-state index contributed by atoms with van der Waals surface area (Å²) in [7, 11) is -4.63. The van der Waals surface area contributed by atoms with E-state index in [-0.39, 0.29) is 24.0 Å². The fourth-order valence-electron chi connectivity index (χ4n) is 5.12. The number of nitrogens with two attached hydrogens (primary N) is 1. The van der Waals surface area contributed by atoms with Crippen LogP contribution in [0.5, 0.6) is 0 Å². The van der Waals surface area contributed by atoms with E-state index in [1.807, 2.05) is 13.8 Å². The highest BCUT2D eigenvalue weighted by Crippen LogP contribution is 2.48. The van der Waals surface area contributed by atoms with Crippen LogP contribution >= 0.6 is 7.75 Å². The first kappa shape index (κ1) is 44.3. The molecule has 6 atom stereocenters. The summed E-state index contributed by atoms with van der Waals surface area (Å²) < 4.78 is 55.6. The van der Waals surface area contributed by atoms with Gasteiger partial charge in [0.1, 0.15) is 30.1 Å². The Morgan fingerprint density at radius 2 is 1.65 bits per heavy atom. The number of ether oxygens (including phenoxy) is 5. The zero-order valence-electron chi connectivity index (χ0n) is 32.5. The van der Waals surface area contributed by atoms with Crippen LogP contribution in [0.1, 0.15) is 87.8 Å². The van der Waals surface area contributed by atoms with Gasteiger partial charge in [-0.15, -0.1) is 0 Å². The summed E-state index contributed by atoms with van der Waals surface area (Å²) in [5.74, 6) is -4.09. The van der Waals surface area contributed by atoms with Crippen LogP contribution in [0.2, 0.25) is 0 Å². The van der Waals surface area contributed by atoms with Gasteiger partial charge in [0.05, 0.1) is 36.2 Å². The van der Waals surface area contributed by atoms with Gasteiger partial charge in [-0.05, 0) is 45.7 Å². The minimum absolute atomic E-state index is 0.0456. The molecule has 1 aliphatic rings. The van der Waals surface area contributed by atoms with Gasteiger partial charge in [0.2, 0.25) is 12.4 Å². The summed E-state index contributed by atoms with van der Waals surface area (Å²) in [5.41, 5.74) is 3.27. The molecule has 0 amide bonds. The Labute approximate surface area is 315 Å². The number of esters is 4. The first-order valence-electron chi connectivity index (χ1n) is 17.8. The molecule has 2 aromatic rings. The van der Waals surface area contributed by atoms with E-state index in [4.69, 9.17) is 38.5 Å². The van der Waals surface area contributed by atoms with Crippen molar-refractivity contribution in [3.8, 4) is 6.07 Å². The smallest absolute Gasteiger partial charge is 0.409 e. The Hall–Kier alpha value is -4.14. The quantitative estimate of drug-likeness (QED) is 0.0931. The fourth-order valence-corrected chi connectivity index (χ4v) is 6.46. The molecular formula is C35H53N6O12P. The second kappa shape index (κ2) is 18.5. The van der Waals surface area contributed by atoms with Gasteiger partial charge in [-0.25, -0.2) is 19.2 Å². The number of rotatable bonds is 18. The van der Waals surface area contributed by atoms with E-state index in [1.54, 1.807) is 48.5 Å². The lowest BCUT2D eigenvalue weighted by Gasteiger charge is -2.29. The molecule has 1 saturated heterocycles. The van der Waals surface area contributed by atoms with E-state index in [0.29, 0.717) is 5.52 Å². The van der Waals surface area contributed by atoms with E-state index in [9.17, 15) is 29.0 Å². The van der Waals surface area contributed by atoms with Crippen LogP contribution in [0.25, 0.3) is 5.52 Å². The molecule has 3 N–H and O–H groups in total. The molecule has 0 aromatic carbocycles. The third-order valence-electron chi connectivity index (χ3n) is 8.62. The summed E-state index contributed by atoms with van der Waals surface area (Å²) >= 11 is 0. The highest BCUT2D eigenvalue weighted by atomic mass is 31.2. The van der Waals surface area contributed by atoms with E-state index in [2.05, 4.69) is 21.2 Å². The van der Waals surface area contributed by atoms with Gasteiger partial charge in [0.25, 0.3) is 0 Å². The van der Waals surface area contributed by atoms with Gasteiger partial charge in [-0.2, -0.15) is 10.4 Å². The summed E-state index contributed by atoms with van der Waals surface area (Å²) in [6.45, 7) is 15.0. The number of hydrogen-bond acceptors (Lipinski definition) is 16. The van der Waals surface area contributed by atoms with Crippen LogP contribution in [-0.2, 0) is 62.1 Å². The number of anilines is 1. The van der Waals surface area contributed by atoms with Crippen molar-refractivity contribution in [2.75, 3.05) is 25.7 Å². The predicted octanol–water partition coefficient (Wildman–Crippen LogP) is 4.21. The summed E-state index contributed by atoms with van der Waals surface area (Å²) in [4.78, 5) is 55.7. The second-order valence-corrected chi connectivity index (χ2v) is 16.4. The second-order valence-electron chi connectivity index (χ2n) is 14.6. The zero-order valence-corrected chi connectivity index (χ0v) is 33.4. The van der Waals surface area contributed by atoms with Crippen LogP contribution < -0.4 is 10.8 Å². The molecule has 1 aliphatic heterocycles. The highest BCUT2D eigenvalue weighted by molar-refractivity contribution is 7.51. The third-order valence-corrected chi connectivity index (χ3v) is 10.3. The van der Waals surface area contributed by atoms with Crippen molar-refractivity contribution in [3.63, 3.8) is 0 Å². The molecule has 3 heterocycles. The Balaban J connectivity index is 2.06. The number of carbonyl (C=O) groups excluding carboxylic acids is 4. The number of nitrogen functional groups attached to an aromatic ring is 1. The Kier molecular flexibility index (Phi) is 15.1. The molecule has 0 unspecified atom stereocenters. The zero-order chi connectivity index (χ0) is 40.6. The number of hydrogen-bond donors (Lipinski definition) is 2. The fraction of sp³-hybridized carbons (Fsp3) is 0.686. The lowest BCUT2D eigenvalue weighted by atomic mass is 9.92. The lowest BCUT2D eigenvalue weighted by molar-refractivity contribution is -0.173. The number of nitrogens with zero attached hydrogens (tertiary/aromatic N) is 4. The number of fused-ring (bicyclic) bond motifs is 1. The number of nitrogens with one attached hydrogen (secondary N) is 1. The first-order chi connectivity index (χ1) is 25.2. The molecular weight excluding hydrogens is 727 g/mol.